The normalized spacial score (nSPS) is 11.0. The fraction of sp³-hybridized carbons (Fsp3) is 0.286. The Bertz CT molecular complexity index is 546. The maximum atomic E-state index is 11.9. The molecule has 0 spiro atoms. The number of carbonyl (C=O) groups is 1. The molecule has 0 aliphatic heterocycles. The summed E-state index contributed by atoms with van der Waals surface area (Å²) in [5.74, 6) is -0.0830. The number of thiazole rings is 1. The zero-order valence-corrected chi connectivity index (χ0v) is 14.1. The van der Waals surface area contributed by atoms with Gasteiger partial charge in [-0.25, -0.2) is 4.98 Å². The molecule has 0 bridgehead atoms. The Kier molecular flexibility index (Phi) is 9.21. The Morgan fingerprint density at radius 3 is 2.62 bits per heavy atom. The first-order valence-electron chi connectivity index (χ1n) is 6.22. The minimum atomic E-state index is -0.0830. The molecule has 1 unspecified atom stereocenters. The molecule has 7 heteroatoms. The number of nitrogens with two attached hydrogens (primary N) is 1. The molecule has 1 amide bonds. The van der Waals surface area contributed by atoms with Crippen molar-refractivity contribution in [2.24, 2.45) is 5.73 Å². The topological polar surface area (TPSA) is 68.0 Å². The first-order chi connectivity index (χ1) is 9.16. The van der Waals surface area contributed by atoms with E-state index >= 15 is 0 Å². The van der Waals surface area contributed by atoms with E-state index < -0.39 is 0 Å². The quantitative estimate of drug-likeness (QED) is 0.872. The van der Waals surface area contributed by atoms with Crippen molar-refractivity contribution in [3.8, 4) is 10.6 Å². The van der Waals surface area contributed by atoms with Crippen LogP contribution in [0.5, 0.6) is 0 Å². The fourth-order valence-corrected chi connectivity index (χ4v) is 2.43. The molecule has 0 saturated carbocycles. The van der Waals surface area contributed by atoms with E-state index in [2.05, 4.69) is 10.3 Å². The molecule has 116 valence electrons. The lowest BCUT2D eigenvalue weighted by Crippen LogP contribution is -2.28. The number of nitrogens with zero attached hydrogens (tertiary/aromatic N) is 1. The van der Waals surface area contributed by atoms with Gasteiger partial charge in [0.15, 0.2) is 0 Å². The molecule has 2 aromatic rings. The Hall–Kier alpha value is -1.14. The molecule has 21 heavy (non-hydrogen) atoms. The lowest BCUT2D eigenvalue weighted by atomic mass is 10.2. The largest absolute Gasteiger partial charge is 0.351 e. The zero-order valence-electron chi connectivity index (χ0n) is 11.6. The van der Waals surface area contributed by atoms with Gasteiger partial charge >= 0.3 is 0 Å². The lowest BCUT2D eigenvalue weighted by molar-refractivity contribution is 0.0956. The van der Waals surface area contributed by atoms with Gasteiger partial charge in [-0.3, -0.25) is 4.79 Å². The van der Waals surface area contributed by atoms with Crippen molar-refractivity contribution in [1.29, 1.82) is 0 Å². The van der Waals surface area contributed by atoms with Crippen molar-refractivity contribution >= 4 is 42.1 Å². The predicted molar refractivity (Wildman–Crippen MR) is 92.6 cm³/mol. The maximum absolute atomic E-state index is 11.9. The summed E-state index contributed by atoms with van der Waals surface area (Å²) in [5, 5.41) is 3.71. The average Bonchev–Trinajstić information content (AvgIpc) is 2.89. The van der Waals surface area contributed by atoms with Crippen molar-refractivity contribution < 1.29 is 4.79 Å². The minimum Gasteiger partial charge on any atom is -0.351 e. The van der Waals surface area contributed by atoms with E-state index in [1.54, 1.807) is 6.20 Å². The van der Waals surface area contributed by atoms with Crippen LogP contribution in [0.1, 0.15) is 23.0 Å². The number of hydrogen-bond donors (Lipinski definition) is 2. The molecule has 0 saturated heterocycles. The second-order valence-electron chi connectivity index (χ2n) is 4.42. The molecular weight excluding hydrogens is 329 g/mol. The van der Waals surface area contributed by atoms with Gasteiger partial charge in [-0.1, -0.05) is 30.3 Å². The van der Waals surface area contributed by atoms with Gasteiger partial charge in [-0.05, 0) is 13.3 Å². The van der Waals surface area contributed by atoms with E-state index in [0.29, 0.717) is 11.4 Å². The summed E-state index contributed by atoms with van der Waals surface area (Å²) in [6, 6.07) is 9.94. The van der Waals surface area contributed by atoms with Gasteiger partial charge in [-0.15, -0.1) is 36.2 Å². The molecule has 0 aliphatic carbocycles. The van der Waals surface area contributed by atoms with Gasteiger partial charge in [0.2, 0.25) is 0 Å². The summed E-state index contributed by atoms with van der Waals surface area (Å²) in [5.41, 5.74) is 6.67. The van der Waals surface area contributed by atoms with Crippen LogP contribution in [-0.2, 0) is 0 Å². The third-order valence-corrected chi connectivity index (χ3v) is 3.68. The Morgan fingerprint density at radius 2 is 2.00 bits per heavy atom. The molecule has 4 nitrogen and oxygen atoms in total. The molecule has 2 rings (SSSR count). The van der Waals surface area contributed by atoms with Gasteiger partial charge < -0.3 is 11.1 Å². The number of benzene rings is 1. The van der Waals surface area contributed by atoms with Crippen LogP contribution >= 0.6 is 36.2 Å². The third-order valence-electron chi connectivity index (χ3n) is 2.64. The van der Waals surface area contributed by atoms with E-state index in [1.165, 1.54) is 11.3 Å². The highest BCUT2D eigenvalue weighted by atomic mass is 35.5. The van der Waals surface area contributed by atoms with Crippen LogP contribution in [0.4, 0.5) is 0 Å². The standard InChI is InChI=1S/C14H17N3OS.2ClH/c1-10(15)7-8-16-13(18)12-9-17-14(19-12)11-5-3-2-4-6-11;;/h2-6,9-10H,7-8,15H2,1H3,(H,16,18);2*1H. The zero-order chi connectivity index (χ0) is 13.7. The number of carbonyl (C=O) groups excluding carboxylic acids is 1. The number of amides is 1. The fourth-order valence-electron chi connectivity index (χ4n) is 1.59. The van der Waals surface area contributed by atoms with Gasteiger partial charge in [-0.2, -0.15) is 0 Å². The van der Waals surface area contributed by atoms with Crippen molar-refractivity contribution in [2.45, 2.75) is 19.4 Å². The summed E-state index contributed by atoms with van der Waals surface area (Å²) < 4.78 is 0. The summed E-state index contributed by atoms with van der Waals surface area (Å²) >= 11 is 1.40. The van der Waals surface area contributed by atoms with Crippen molar-refractivity contribution in [2.75, 3.05) is 6.54 Å². The first kappa shape index (κ1) is 19.9. The average molecular weight is 348 g/mol. The third kappa shape index (κ3) is 6.01. The molecule has 1 heterocycles. The van der Waals surface area contributed by atoms with Crippen LogP contribution in [-0.4, -0.2) is 23.5 Å². The Balaban J connectivity index is 0.00000200. The summed E-state index contributed by atoms with van der Waals surface area (Å²) in [4.78, 5) is 16.8. The molecule has 1 aromatic heterocycles. The van der Waals surface area contributed by atoms with E-state index in [-0.39, 0.29) is 36.8 Å². The highest BCUT2D eigenvalue weighted by Gasteiger charge is 2.11. The van der Waals surface area contributed by atoms with Crippen LogP contribution in [0.3, 0.4) is 0 Å². The molecule has 1 atom stereocenters. The van der Waals surface area contributed by atoms with Crippen molar-refractivity contribution in [1.82, 2.24) is 10.3 Å². The summed E-state index contributed by atoms with van der Waals surface area (Å²) in [6.45, 7) is 2.52. The second-order valence-corrected chi connectivity index (χ2v) is 5.45. The Labute approximate surface area is 141 Å². The number of aromatic nitrogens is 1. The highest BCUT2D eigenvalue weighted by molar-refractivity contribution is 7.16. The van der Waals surface area contributed by atoms with Crippen molar-refractivity contribution in [3.05, 3.63) is 41.4 Å². The number of hydrogen-bond acceptors (Lipinski definition) is 4. The summed E-state index contributed by atoms with van der Waals surface area (Å²) in [7, 11) is 0. The molecule has 0 aliphatic rings. The van der Waals surface area contributed by atoms with E-state index in [1.807, 2.05) is 37.3 Å². The van der Waals surface area contributed by atoms with Gasteiger partial charge in [0.1, 0.15) is 9.88 Å². The van der Waals surface area contributed by atoms with E-state index in [9.17, 15) is 4.79 Å². The predicted octanol–water partition coefficient (Wildman–Crippen LogP) is 3.12. The van der Waals surface area contributed by atoms with E-state index in [0.717, 1.165) is 17.0 Å². The van der Waals surface area contributed by atoms with Crippen LogP contribution in [0.25, 0.3) is 10.6 Å². The van der Waals surface area contributed by atoms with E-state index in [4.69, 9.17) is 5.73 Å². The highest BCUT2D eigenvalue weighted by Crippen LogP contribution is 2.24. The van der Waals surface area contributed by atoms with Gasteiger partial charge in [0.05, 0.1) is 6.20 Å². The van der Waals surface area contributed by atoms with Crippen LogP contribution < -0.4 is 11.1 Å². The monoisotopic (exact) mass is 347 g/mol. The van der Waals surface area contributed by atoms with Gasteiger partial charge in [0.25, 0.3) is 5.91 Å². The second kappa shape index (κ2) is 9.73. The SMILES string of the molecule is CC(N)CCNC(=O)c1cnc(-c2ccccc2)s1.Cl.Cl. The molecular formula is C14H19Cl2N3OS. The summed E-state index contributed by atoms with van der Waals surface area (Å²) in [6.07, 6.45) is 2.39. The number of halogens is 2. The number of rotatable bonds is 5. The van der Waals surface area contributed by atoms with Crippen LogP contribution in [0, 0.1) is 0 Å². The Morgan fingerprint density at radius 1 is 1.33 bits per heavy atom. The molecule has 0 radical (unpaired) electrons. The lowest BCUT2D eigenvalue weighted by Gasteiger charge is -2.05. The smallest absolute Gasteiger partial charge is 0.263 e. The van der Waals surface area contributed by atoms with Crippen LogP contribution in [0.2, 0.25) is 0 Å². The molecule has 1 aromatic carbocycles. The molecule has 0 fully saturated rings. The van der Waals surface area contributed by atoms with Crippen LogP contribution in [0.15, 0.2) is 36.5 Å². The van der Waals surface area contributed by atoms with Crippen molar-refractivity contribution in [3.63, 3.8) is 0 Å². The first-order valence-corrected chi connectivity index (χ1v) is 7.03. The van der Waals surface area contributed by atoms with Gasteiger partial charge in [0, 0.05) is 18.2 Å². The number of nitrogens with one attached hydrogen (secondary N) is 1. The maximum Gasteiger partial charge on any atom is 0.263 e. The minimum absolute atomic E-state index is 0. The molecule has 3 N–H and O–H groups in total.